The lowest BCUT2D eigenvalue weighted by atomic mass is 10.2. The summed E-state index contributed by atoms with van der Waals surface area (Å²) in [6, 6.07) is 11.4. The first-order valence-corrected chi connectivity index (χ1v) is 8.03. The molecule has 0 unspecified atom stereocenters. The fourth-order valence-electron chi connectivity index (χ4n) is 1.90. The molecule has 0 aliphatic carbocycles. The van der Waals surface area contributed by atoms with E-state index in [0.29, 0.717) is 6.54 Å². The molecule has 1 amide bonds. The van der Waals surface area contributed by atoms with E-state index in [9.17, 15) is 4.79 Å². The summed E-state index contributed by atoms with van der Waals surface area (Å²) in [5, 5.41) is 4.93. The highest BCUT2D eigenvalue weighted by Gasteiger charge is 2.11. The summed E-state index contributed by atoms with van der Waals surface area (Å²) in [5.41, 5.74) is 6.93. The van der Waals surface area contributed by atoms with Crippen molar-refractivity contribution in [1.29, 1.82) is 0 Å². The van der Waals surface area contributed by atoms with Crippen molar-refractivity contribution in [3.63, 3.8) is 0 Å². The third-order valence-electron chi connectivity index (χ3n) is 2.82. The van der Waals surface area contributed by atoms with Crippen LogP contribution in [-0.2, 0) is 0 Å². The van der Waals surface area contributed by atoms with Crippen molar-refractivity contribution in [3.05, 3.63) is 52.2 Å². The highest BCUT2D eigenvalue weighted by Crippen LogP contribution is 2.30. The third kappa shape index (κ3) is 3.14. The predicted octanol–water partition coefficient (Wildman–Crippen LogP) is 3.53. The molecule has 3 aromatic rings. The minimum absolute atomic E-state index is 0.0904. The SMILES string of the molecule is NCC#Cc1cccc(NC(=O)c2cc3sccc3s2)c1. The van der Waals surface area contributed by atoms with Crippen molar-refractivity contribution in [2.45, 2.75) is 0 Å². The maximum atomic E-state index is 12.3. The number of carbonyl (C=O) groups is 1. The Balaban J connectivity index is 1.79. The molecule has 0 bridgehead atoms. The van der Waals surface area contributed by atoms with Crippen molar-refractivity contribution in [2.24, 2.45) is 5.73 Å². The summed E-state index contributed by atoms with van der Waals surface area (Å²) in [5.74, 6) is 5.66. The second kappa shape index (κ2) is 6.10. The normalized spacial score (nSPS) is 10.1. The van der Waals surface area contributed by atoms with E-state index in [4.69, 9.17) is 5.73 Å². The van der Waals surface area contributed by atoms with E-state index in [2.05, 4.69) is 17.2 Å². The van der Waals surface area contributed by atoms with Gasteiger partial charge in [0.15, 0.2) is 0 Å². The van der Waals surface area contributed by atoms with E-state index in [-0.39, 0.29) is 5.91 Å². The molecule has 0 saturated heterocycles. The van der Waals surface area contributed by atoms with Gasteiger partial charge in [-0.1, -0.05) is 17.9 Å². The molecule has 0 spiro atoms. The van der Waals surface area contributed by atoms with E-state index in [1.54, 1.807) is 11.3 Å². The molecule has 0 atom stereocenters. The molecule has 2 aromatic heterocycles. The van der Waals surface area contributed by atoms with E-state index in [1.807, 2.05) is 41.8 Å². The smallest absolute Gasteiger partial charge is 0.265 e. The minimum Gasteiger partial charge on any atom is -0.321 e. The first-order valence-electron chi connectivity index (χ1n) is 6.33. The van der Waals surface area contributed by atoms with Crippen LogP contribution in [-0.4, -0.2) is 12.5 Å². The molecule has 104 valence electrons. The number of nitrogens with two attached hydrogens (primary N) is 1. The Hall–Kier alpha value is -2.13. The van der Waals surface area contributed by atoms with Gasteiger partial charge < -0.3 is 11.1 Å². The lowest BCUT2D eigenvalue weighted by Crippen LogP contribution is -2.10. The fraction of sp³-hybridized carbons (Fsp3) is 0.0625. The number of hydrogen-bond acceptors (Lipinski definition) is 4. The van der Waals surface area contributed by atoms with Crippen molar-refractivity contribution in [1.82, 2.24) is 0 Å². The Morgan fingerprint density at radius 1 is 1.24 bits per heavy atom. The summed E-state index contributed by atoms with van der Waals surface area (Å²) in [6.07, 6.45) is 0. The van der Waals surface area contributed by atoms with Gasteiger partial charge in [0.2, 0.25) is 0 Å². The van der Waals surface area contributed by atoms with E-state index in [0.717, 1.165) is 25.5 Å². The number of thiophene rings is 2. The number of fused-ring (bicyclic) bond motifs is 1. The average Bonchev–Trinajstić information content (AvgIpc) is 3.06. The predicted molar refractivity (Wildman–Crippen MR) is 90.0 cm³/mol. The molecule has 21 heavy (non-hydrogen) atoms. The number of rotatable bonds is 2. The molecule has 1 aromatic carbocycles. The molecule has 0 radical (unpaired) electrons. The van der Waals surface area contributed by atoms with Crippen molar-refractivity contribution >= 4 is 43.7 Å². The van der Waals surface area contributed by atoms with Crippen LogP contribution in [0.1, 0.15) is 15.2 Å². The van der Waals surface area contributed by atoms with Gasteiger partial charge in [0.05, 0.1) is 11.4 Å². The molecule has 0 fully saturated rings. The maximum Gasteiger partial charge on any atom is 0.265 e. The van der Waals surface area contributed by atoms with Crippen LogP contribution < -0.4 is 11.1 Å². The largest absolute Gasteiger partial charge is 0.321 e. The van der Waals surface area contributed by atoms with Crippen LogP contribution in [0.4, 0.5) is 5.69 Å². The first kappa shape index (κ1) is 13.8. The standard InChI is InChI=1S/C16H12N2OS2/c17-7-2-4-11-3-1-5-12(9-11)18-16(19)15-10-14-13(21-15)6-8-20-14/h1,3,5-6,8-10H,7,17H2,(H,18,19). The average molecular weight is 312 g/mol. The van der Waals surface area contributed by atoms with Gasteiger partial charge in [0, 0.05) is 20.7 Å². The van der Waals surface area contributed by atoms with Gasteiger partial charge in [0.25, 0.3) is 5.91 Å². The zero-order valence-electron chi connectivity index (χ0n) is 11.1. The Bertz CT molecular complexity index is 823. The quantitative estimate of drug-likeness (QED) is 0.711. The van der Waals surface area contributed by atoms with E-state index >= 15 is 0 Å². The molecule has 0 aliphatic rings. The summed E-state index contributed by atoms with van der Waals surface area (Å²) in [4.78, 5) is 13.0. The second-order valence-corrected chi connectivity index (χ2v) is 6.33. The van der Waals surface area contributed by atoms with Crippen molar-refractivity contribution < 1.29 is 4.79 Å². The number of carbonyl (C=O) groups excluding carboxylic acids is 1. The highest BCUT2D eigenvalue weighted by molar-refractivity contribution is 7.27. The van der Waals surface area contributed by atoms with Crippen LogP contribution in [0, 0.1) is 11.8 Å². The second-order valence-electron chi connectivity index (χ2n) is 4.30. The Kier molecular flexibility index (Phi) is 4.02. The maximum absolute atomic E-state index is 12.3. The monoisotopic (exact) mass is 312 g/mol. The molecular weight excluding hydrogens is 300 g/mol. The molecule has 2 heterocycles. The molecule has 5 heteroatoms. The summed E-state index contributed by atoms with van der Waals surface area (Å²) in [6.45, 7) is 0.322. The molecule has 3 N–H and O–H groups in total. The Labute approximate surface area is 130 Å². The van der Waals surface area contributed by atoms with E-state index < -0.39 is 0 Å². The number of anilines is 1. The van der Waals surface area contributed by atoms with Gasteiger partial charge in [-0.05, 0) is 35.7 Å². The molecule has 3 rings (SSSR count). The zero-order chi connectivity index (χ0) is 14.7. The van der Waals surface area contributed by atoms with Crippen LogP contribution >= 0.6 is 22.7 Å². The zero-order valence-corrected chi connectivity index (χ0v) is 12.7. The molecule has 3 nitrogen and oxygen atoms in total. The number of hydrogen-bond donors (Lipinski definition) is 2. The lowest BCUT2D eigenvalue weighted by Gasteiger charge is -2.03. The summed E-state index contributed by atoms with van der Waals surface area (Å²) in [7, 11) is 0. The van der Waals surface area contributed by atoms with Crippen LogP contribution in [0.5, 0.6) is 0 Å². The summed E-state index contributed by atoms with van der Waals surface area (Å²) < 4.78 is 2.29. The molecule has 0 aliphatic heterocycles. The topological polar surface area (TPSA) is 55.1 Å². The van der Waals surface area contributed by atoms with E-state index in [1.165, 1.54) is 11.3 Å². The van der Waals surface area contributed by atoms with Gasteiger partial charge in [-0.2, -0.15) is 0 Å². The first-order chi connectivity index (χ1) is 10.3. The summed E-state index contributed by atoms with van der Waals surface area (Å²) >= 11 is 3.15. The van der Waals surface area contributed by atoms with Gasteiger partial charge in [0.1, 0.15) is 0 Å². The molecular formula is C16H12N2OS2. The van der Waals surface area contributed by atoms with Crippen LogP contribution in [0.3, 0.4) is 0 Å². The number of amides is 1. The Morgan fingerprint density at radius 2 is 2.14 bits per heavy atom. The Morgan fingerprint density at radius 3 is 2.95 bits per heavy atom. The number of nitrogens with one attached hydrogen (secondary N) is 1. The van der Waals surface area contributed by atoms with Gasteiger partial charge in [-0.3, -0.25) is 4.79 Å². The van der Waals surface area contributed by atoms with Gasteiger partial charge in [-0.25, -0.2) is 0 Å². The number of benzene rings is 1. The van der Waals surface area contributed by atoms with Gasteiger partial charge in [-0.15, -0.1) is 22.7 Å². The fourth-order valence-corrected chi connectivity index (χ4v) is 3.90. The third-order valence-corrected chi connectivity index (χ3v) is 4.91. The van der Waals surface area contributed by atoms with Crippen LogP contribution in [0.15, 0.2) is 41.8 Å². The van der Waals surface area contributed by atoms with Crippen LogP contribution in [0.2, 0.25) is 0 Å². The lowest BCUT2D eigenvalue weighted by molar-refractivity contribution is 0.103. The van der Waals surface area contributed by atoms with Gasteiger partial charge >= 0.3 is 0 Å². The van der Waals surface area contributed by atoms with Crippen molar-refractivity contribution in [3.8, 4) is 11.8 Å². The molecule has 0 saturated carbocycles. The minimum atomic E-state index is -0.0904. The van der Waals surface area contributed by atoms with Crippen molar-refractivity contribution in [2.75, 3.05) is 11.9 Å². The highest BCUT2D eigenvalue weighted by atomic mass is 32.1. The van der Waals surface area contributed by atoms with Crippen LogP contribution in [0.25, 0.3) is 9.40 Å².